The van der Waals surface area contributed by atoms with Gasteiger partial charge < -0.3 is 10.2 Å². The fourth-order valence-electron chi connectivity index (χ4n) is 5.50. The van der Waals surface area contributed by atoms with Gasteiger partial charge in [-0.1, -0.05) is 123 Å². The molecule has 1 N–H and O–H groups in total. The number of aryl methyl sites for hydroxylation is 1. The van der Waals surface area contributed by atoms with E-state index in [9.17, 15) is 9.59 Å². The van der Waals surface area contributed by atoms with Crippen molar-refractivity contribution in [1.82, 2.24) is 10.2 Å². The number of nitrogens with one attached hydrogen (secondary N) is 1. The van der Waals surface area contributed by atoms with Gasteiger partial charge >= 0.3 is 0 Å². The molecule has 0 bridgehead atoms. The van der Waals surface area contributed by atoms with Gasteiger partial charge in [-0.3, -0.25) is 9.59 Å². The molecule has 4 rings (SSSR count). The Morgan fingerprint density at radius 1 is 0.875 bits per heavy atom. The highest BCUT2D eigenvalue weighted by Gasteiger charge is 2.31. The number of halogens is 1. The summed E-state index contributed by atoms with van der Waals surface area (Å²) in [6, 6.07) is 26.2. The number of carbonyl (C=O) groups excluding carboxylic acids is 2. The van der Waals surface area contributed by atoms with E-state index in [1.54, 1.807) is 0 Å². The molecule has 0 radical (unpaired) electrons. The molecular weight excluding hydrogens is 560 g/mol. The number of hydrogen-bond acceptors (Lipinski definition) is 2. The zero-order valence-electron chi connectivity index (χ0n) is 24.2. The van der Waals surface area contributed by atoms with Gasteiger partial charge in [-0.15, -0.1) is 0 Å². The van der Waals surface area contributed by atoms with Gasteiger partial charge in [0.15, 0.2) is 0 Å². The van der Waals surface area contributed by atoms with Gasteiger partial charge in [0.2, 0.25) is 11.8 Å². The van der Waals surface area contributed by atoms with Crippen molar-refractivity contribution in [2.45, 2.75) is 96.2 Å². The Labute approximate surface area is 248 Å². The molecule has 3 aromatic rings. The predicted molar refractivity (Wildman–Crippen MR) is 167 cm³/mol. The molecule has 2 amide bonds. The quantitative estimate of drug-likeness (QED) is 0.258. The van der Waals surface area contributed by atoms with Crippen LogP contribution in [0.1, 0.15) is 81.5 Å². The first-order chi connectivity index (χ1) is 19.2. The monoisotopic (exact) mass is 602 g/mol. The van der Waals surface area contributed by atoms with Gasteiger partial charge in [0, 0.05) is 29.9 Å². The van der Waals surface area contributed by atoms with E-state index >= 15 is 0 Å². The first-order valence-electron chi connectivity index (χ1n) is 14.7. The maximum Gasteiger partial charge on any atom is 0.243 e. The Hall–Kier alpha value is -2.92. The topological polar surface area (TPSA) is 49.4 Å². The molecule has 5 heteroatoms. The Kier molecular flexibility index (Phi) is 10.6. The van der Waals surface area contributed by atoms with E-state index in [4.69, 9.17) is 0 Å². The Bertz CT molecular complexity index is 1240. The SMILES string of the molecule is CC(C)(C)c1ccc(CCC(=O)N(Cc2cccc(Br)c2)[C@H](Cc2ccccc2)C(=O)NC2CCCCC2)cc1. The molecule has 0 aliphatic heterocycles. The highest BCUT2D eigenvalue weighted by molar-refractivity contribution is 9.10. The second kappa shape index (κ2) is 14.1. The van der Waals surface area contributed by atoms with E-state index in [2.05, 4.69) is 66.3 Å². The van der Waals surface area contributed by atoms with E-state index in [0.29, 0.717) is 25.8 Å². The number of nitrogens with zero attached hydrogens (tertiary/aromatic N) is 1. The predicted octanol–water partition coefficient (Wildman–Crippen LogP) is 7.77. The molecule has 3 aromatic carbocycles. The summed E-state index contributed by atoms with van der Waals surface area (Å²) in [5.74, 6) is -0.0479. The van der Waals surface area contributed by atoms with Crippen LogP contribution in [0.2, 0.25) is 0 Å². The highest BCUT2D eigenvalue weighted by atomic mass is 79.9. The summed E-state index contributed by atoms with van der Waals surface area (Å²) in [5.41, 5.74) is 4.55. The van der Waals surface area contributed by atoms with Crippen LogP contribution in [-0.2, 0) is 34.4 Å². The maximum atomic E-state index is 14.0. The maximum absolute atomic E-state index is 14.0. The second-order valence-corrected chi connectivity index (χ2v) is 13.1. The van der Waals surface area contributed by atoms with Crippen LogP contribution in [0.4, 0.5) is 0 Å². The van der Waals surface area contributed by atoms with Crippen molar-refractivity contribution in [3.63, 3.8) is 0 Å². The summed E-state index contributed by atoms with van der Waals surface area (Å²) < 4.78 is 0.961. The molecule has 212 valence electrons. The molecule has 1 aliphatic rings. The zero-order valence-corrected chi connectivity index (χ0v) is 25.8. The minimum Gasteiger partial charge on any atom is -0.352 e. The van der Waals surface area contributed by atoms with Crippen LogP contribution in [0, 0.1) is 0 Å². The van der Waals surface area contributed by atoms with Crippen LogP contribution >= 0.6 is 15.9 Å². The van der Waals surface area contributed by atoms with E-state index < -0.39 is 6.04 Å². The molecule has 0 unspecified atom stereocenters. The standard InChI is InChI=1S/C35H43BrN2O2/c1-35(2,3)29-20-17-26(18-21-29)19-22-33(39)38(25-28-13-10-14-30(36)23-28)32(24-27-11-6-4-7-12-27)34(40)37-31-15-8-5-9-16-31/h4,6-7,10-14,17-18,20-21,23,31-32H,5,8-9,15-16,19,22,24-25H2,1-3H3,(H,37,40)/t32-/m1/s1. The molecule has 1 saturated carbocycles. The molecular formula is C35H43BrN2O2. The molecule has 4 nitrogen and oxygen atoms in total. The van der Waals surface area contributed by atoms with E-state index in [1.807, 2.05) is 59.5 Å². The first kappa shape index (κ1) is 30.0. The largest absolute Gasteiger partial charge is 0.352 e. The smallest absolute Gasteiger partial charge is 0.243 e. The molecule has 0 aromatic heterocycles. The molecule has 1 fully saturated rings. The lowest BCUT2D eigenvalue weighted by atomic mass is 9.86. The Morgan fingerprint density at radius 2 is 1.55 bits per heavy atom. The van der Waals surface area contributed by atoms with Crippen molar-refractivity contribution in [2.75, 3.05) is 0 Å². The fraction of sp³-hybridized carbons (Fsp3) is 0.429. The average Bonchev–Trinajstić information content (AvgIpc) is 2.94. The minimum atomic E-state index is -0.584. The van der Waals surface area contributed by atoms with Gasteiger partial charge in [-0.25, -0.2) is 0 Å². The Balaban J connectivity index is 1.59. The average molecular weight is 604 g/mol. The molecule has 0 spiro atoms. The lowest BCUT2D eigenvalue weighted by molar-refractivity contribution is -0.141. The summed E-state index contributed by atoms with van der Waals surface area (Å²) in [5, 5.41) is 3.32. The van der Waals surface area contributed by atoms with Crippen molar-refractivity contribution in [3.8, 4) is 0 Å². The third kappa shape index (κ3) is 8.79. The fourth-order valence-corrected chi connectivity index (χ4v) is 5.94. The zero-order chi connectivity index (χ0) is 28.5. The van der Waals surface area contributed by atoms with Gasteiger partial charge in [0.05, 0.1) is 0 Å². The van der Waals surface area contributed by atoms with Gasteiger partial charge in [-0.05, 0) is 59.1 Å². The summed E-state index contributed by atoms with van der Waals surface area (Å²) in [6.45, 7) is 7.00. The molecule has 0 saturated heterocycles. The lowest BCUT2D eigenvalue weighted by Crippen LogP contribution is -2.52. The summed E-state index contributed by atoms with van der Waals surface area (Å²) in [7, 11) is 0. The van der Waals surface area contributed by atoms with Crippen molar-refractivity contribution < 1.29 is 9.59 Å². The van der Waals surface area contributed by atoms with Crippen molar-refractivity contribution in [1.29, 1.82) is 0 Å². The number of carbonyl (C=O) groups is 2. The van der Waals surface area contributed by atoms with Crippen LogP contribution < -0.4 is 5.32 Å². The second-order valence-electron chi connectivity index (χ2n) is 12.1. The normalized spacial score (nSPS) is 14.9. The molecule has 1 aliphatic carbocycles. The number of benzene rings is 3. The third-order valence-electron chi connectivity index (χ3n) is 7.91. The van der Waals surface area contributed by atoms with E-state index in [0.717, 1.165) is 46.8 Å². The number of amides is 2. The molecule has 0 heterocycles. The summed E-state index contributed by atoms with van der Waals surface area (Å²) in [4.78, 5) is 29.7. The van der Waals surface area contributed by atoms with Crippen LogP contribution in [-0.4, -0.2) is 28.8 Å². The van der Waals surface area contributed by atoms with Crippen molar-refractivity contribution in [3.05, 3.63) is 106 Å². The van der Waals surface area contributed by atoms with Crippen LogP contribution in [0.3, 0.4) is 0 Å². The highest BCUT2D eigenvalue weighted by Crippen LogP contribution is 2.24. The molecule has 1 atom stereocenters. The van der Waals surface area contributed by atoms with E-state index in [1.165, 1.54) is 12.0 Å². The first-order valence-corrected chi connectivity index (χ1v) is 15.5. The summed E-state index contributed by atoms with van der Waals surface area (Å²) >= 11 is 3.57. The van der Waals surface area contributed by atoms with Crippen LogP contribution in [0.5, 0.6) is 0 Å². The van der Waals surface area contributed by atoms with Crippen LogP contribution in [0.25, 0.3) is 0 Å². The number of rotatable bonds is 10. The third-order valence-corrected chi connectivity index (χ3v) is 8.41. The van der Waals surface area contributed by atoms with Gasteiger partial charge in [0.1, 0.15) is 6.04 Å². The lowest BCUT2D eigenvalue weighted by Gasteiger charge is -2.33. The Morgan fingerprint density at radius 3 is 2.20 bits per heavy atom. The van der Waals surface area contributed by atoms with E-state index in [-0.39, 0.29) is 23.3 Å². The van der Waals surface area contributed by atoms with Crippen LogP contribution in [0.15, 0.2) is 83.3 Å². The van der Waals surface area contributed by atoms with Gasteiger partial charge in [0.25, 0.3) is 0 Å². The molecule has 40 heavy (non-hydrogen) atoms. The number of hydrogen-bond donors (Lipinski definition) is 1. The van der Waals surface area contributed by atoms with Crippen molar-refractivity contribution in [2.24, 2.45) is 0 Å². The van der Waals surface area contributed by atoms with Gasteiger partial charge in [-0.2, -0.15) is 0 Å². The van der Waals surface area contributed by atoms with Crippen molar-refractivity contribution >= 4 is 27.7 Å². The summed E-state index contributed by atoms with van der Waals surface area (Å²) in [6.07, 6.45) is 7.00. The minimum absolute atomic E-state index is 0.000372.